The number of aromatic nitrogens is 2. The minimum absolute atomic E-state index is 0.785. The van der Waals surface area contributed by atoms with Crippen LogP contribution in [0.15, 0.2) is 24.5 Å². The predicted molar refractivity (Wildman–Crippen MR) is 60.8 cm³/mol. The molecule has 0 amide bonds. The summed E-state index contributed by atoms with van der Waals surface area (Å²) in [6, 6.07) is 6.39. The van der Waals surface area contributed by atoms with Gasteiger partial charge in [0, 0.05) is 0 Å². The second-order valence-corrected chi connectivity index (χ2v) is 4.28. The average molecular weight is 201 g/mol. The zero-order valence-corrected chi connectivity index (χ0v) is 8.66. The molecule has 15 heavy (non-hydrogen) atoms. The lowest BCUT2D eigenvalue weighted by molar-refractivity contribution is 0.582. The number of aromatic amines is 1. The lowest BCUT2D eigenvalue weighted by Gasteiger charge is -2.08. The van der Waals surface area contributed by atoms with Crippen molar-refractivity contribution in [2.75, 3.05) is 13.1 Å². The molecule has 1 fully saturated rings. The Labute approximate surface area is 88.9 Å². The monoisotopic (exact) mass is 201 g/mol. The summed E-state index contributed by atoms with van der Waals surface area (Å²) in [6.45, 7) is 2.32. The first kappa shape index (κ1) is 8.92. The maximum atomic E-state index is 4.38. The summed E-state index contributed by atoms with van der Waals surface area (Å²) < 4.78 is 0. The minimum atomic E-state index is 0.785. The molecule has 0 spiro atoms. The highest BCUT2D eigenvalue weighted by molar-refractivity contribution is 5.78. The summed E-state index contributed by atoms with van der Waals surface area (Å²) in [6.07, 6.45) is 4.22. The van der Waals surface area contributed by atoms with Crippen LogP contribution in [0.2, 0.25) is 0 Å². The first-order valence-electron chi connectivity index (χ1n) is 5.55. The highest BCUT2D eigenvalue weighted by Crippen LogP contribution is 2.20. The molecule has 3 nitrogen and oxygen atoms in total. The third-order valence-electron chi connectivity index (χ3n) is 3.20. The molecular formula is C12H15N3. The van der Waals surface area contributed by atoms with E-state index in [9.17, 15) is 0 Å². The summed E-state index contributed by atoms with van der Waals surface area (Å²) in [5.41, 5.74) is 3.67. The summed E-state index contributed by atoms with van der Waals surface area (Å²) in [5.74, 6) is 0.785. The number of nitrogens with zero attached hydrogens (tertiary/aromatic N) is 1. The van der Waals surface area contributed by atoms with Crippen LogP contribution in [-0.4, -0.2) is 23.1 Å². The van der Waals surface area contributed by atoms with Gasteiger partial charge in [0.1, 0.15) is 0 Å². The largest absolute Gasteiger partial charge is 0.345 e. The molecule has 2 N–H and O–H groups in total. The molecule has 1 saturated heterocycles. The zero-order valence-electron chi connectivity index (χ0n) is 8.66. The Morgan fingerprint density at radius 1 is 1.40 bits per heavy atom. The van der Waals surface area contributed by atoms with Crippen LogP contribution in [0.1, 0.15) is 12.0 Å². The smallest absolute Gasteiger partial charge is 0.0931 e. The quantitative estimate of drug-likeness (QED) is 0.776. The number of rotatable bonds is 2. The number of benzene rings is 1. The number of H-pyrrole nitrogens is 1. The van der Waals surface area contributed by atoms with E-state index in [1.54, 1.807) is 6.33 Å². The summed E-state index contributed by atoms with van der Waals surface area (Å²) >= 11 is 0. The van der Waals surface area contributed by atoms with Crippen LogP contribution in [0.25, 0.3) is 11.0 Å². The van der Waals surface area contributed by atoms with E-state index >= 15 is 0 Å². The molecule has 3 rings (SSSR count). The van der Waals surface area contributed by atoms with Gasteiger partial charge < -0.3 is 10.3 Å². The van der Waals surface area contributed by atoms with E-state index in [4.69, 9.17) is 0 Å². The molecule has 0 bridgehead atoms. The minimum Gasteiger partial charge on any atom is -0.345 e. The van der Waals surface area contributed by atoms with Gasteiger partial charge in [0.15, 0.2) is 0 Å². The molecule has 1 unspecified atom stereocenters. The Balaban J connectivity index is 1.92. The summed E-state index contributed by atoms with van der Waals surface area (Å²) in [5, 5.41) is 3.41. The molecule has 1 atom stereocenters. The van der Waals surface area contributed by atoms with Gasteiger partial charge in [-0.2, -0.15) is 0 Å². The molecule has 78 valence electrons. The van der Waals surface area contributed by atoms with Gasteiger partial charge in [-0.3, -0.25) is 0 Å². The molecule has 0 aliphatic carbocycles. The van der Waals surface area contributed by atoms with Crippen LogP contribution < -0.4 is 5.32 Å². The van der Waals surface area contributed by atoms with Crippen molar-refractivity contribution in [3.63, 3.8) is 0 Å². The third-order valence-corrected chi connectivity index (χ3v) is 3.20. The zero-order chi connectivity index (χ0) is 10.1. The molecule has 1 aromatic carbocycles. The molecule has 3 heteroatoms. The second kappa shape index (κ2) is 3.66. The van der Waals surface area contributed by atoms with Crippen LogP contribution >= 0.6 is 0 Å². The standard InChI is InChI=1S/C12H15N3/c1-2-10(6-9-4-5-13-7-9)12-11(3-1)14-8-15-12/h1-3,8-9,13H,4-7H2,(H,14,15). The van der Waals surface area contributed by atoms with E-state index in [-0.39, 0.29) is 0 Å². The number of hydrogen-bond acceptors (Lipinski definition) is 2. The maximum absolute atomic E-state index is 4.38. The van der Waals surface area contributed by atoms with Gasteiger partial charge in [0.25, 0.3) is 0 Å². The lowest BCUT2D eigenvalue weighted by Crippen LogP contribution is -2.10. The SMILES string of the molecule is c1cc(CC2CCNC2)c2nc[nH]c2c1. The van der Waals surface area contributed by atoms with Gasteiger partial charge in [-0.05, 0) is 43.5 Å². The molecule has 1 aliphatic heterocycles. The van der Waals surface area contributed by atoms with Crippen molar-refractivity contribution in [2.45, 2.75) is 12.8 Å². The van der Waals surface area contributed by atoms with Gasteiger partial charge in [-0.15, -0.1) is 0 Å². The fourth-order valence-corrected chi connectivity index (χ4v) is 2.39. The number of imidazole rings is 1. The maximum Gasteiger partial charge on any atom is 0.0931 e. The normalized spacial score (nSPS) is 21.2. The topological polar surface area (TPSA) is 40.7 Å². The highest BCUT2D eigenvalue weighted by atomic mass is 14.9. The molecule has 0 saturated carbocycles. The lowest BCUT2D eigenvalue weighted by atomic mass is 9.98. The van der Waals surface area contributed by atoms with Crippen molar-refractivity contribution >= 4 is 11.0 Å². The van der Waals surface area contributed by atoms with Crippen molar-refractivity contribution < 1.29 is 0 Å². The van der Waals surface area contributed by atoms with E-state index in [2.05, 4.69) is 33.5 Å². The van der Waals surface area contributed by atoms with Crippen LogP contribution in [0.3, 0.4) is 0 Å². The molecule has 2 aromatic rings. The van der Waals surface area contributed by atoms with Crippen molar-refractivity contribution in [1.29, 1.82) is 0 Å². The summed E-state index contributed by atoms with van der Waals surface area (Å²) in [4.78, 5) is 7.54. The Morgan fingerprint density at radius 2 is 2.40 bits per heavy atom. The van der Waals surface area contributed by atoms with E-state index in [1.807, 2.05) is 0 Å². The second-order valence-electron chi connectivity index (χ2n) is 4.28. The Bertz CT molecular complexity index is 455. The van der Waals surface area contributed by atoms with Crippen molar-refractivity contribution in [1.82, 2.24) is 15.3 Å². The van der Waals surface area contributed by atoms with Crippen molar-refractivity contribution in [3.05, 3.63) is 30.1 Å². The molecule has 1 aliphatic rings. The van der Waals surface area contributed by atoms with Crippen LogP contribution in [-0.2, 0) is 6.42 Å². The number of fused-ring (bicyclic) bond motifs is 1. The van der Waals surface area contributed by atoms with Crippen LogP contribution in [0.4, 0.5) is 0 Å². The van der Waals surface area contributed by atoms with Gasteiger partial charge in [-0.25, -0.2) is 4.98 Å². The first-order chi connectivity index (χ1) is 7.43. The van der Waals surface area contributed by atoms with E-state index in [1.165, 1.54) is 18.5 Å². The molecule has 0 radical (unpaired) electrons. The van der Waals surface area contributed by atoms with Crippen LogP contribution in [0.5, 0.6) is 0 Å². The van der Waals surface area contributed by atoms with Crippen molar-refractivity contribution in [2.24, 2.45) is 5.92 Å². The fourth-order valence-electron chi connectivity index (χ4n) is 2.39. The van der Waals surface area contributed by atoms with Crippen molar-refractivity contribution in [3.8, 4) is 0 Å². The van der Waals surface area contributed by atoms with E-state index < -0.39 is 0 Å². The molecular weight excluding hydrogens is 186 g/mol. The fraction of sp³-hybridized carbons (Fsp3) is 0.417. The van der Waals surface area contributed by atoms with Crippen LogP contribution in [0, 0.1) is 5.92 Å². The molecule has 2 heterocycles. The van der Waals surface area contributed by atoms with E-state index in [0.717, 1.165) is 29.9 Å². The number of hydrogen-bond donors (Lipinski definition) is 2. The predicted octanol–water partition coefficient (Wildman–Crippen LogP) is 1.71. The Morgan fingerprint density at radius 3 is 3.27 bits per heavy atom. The number of nitrogens with one attached hydrogen (secondary N) is 2. The Kier molecular flexibility index (Phi) is 2.18. The Hall–Kier alpha value is -1.35. The molecule has 1 aromatic heterocycles. The van der Waals surface area contributed by atoms with Gasteiger partial charge in [-0.1, -0.05) is 12.1 Å². The first-order valence-corrected chi connectivity index (χ1v) is 5.55. The van der Waals surface area contributed by atoms with Gasteiger partial charge >= 0.3 is 0 Å². The summed E-state index contributed by atoms with van der Waals surface area (Å²) in [7, 11) is 0. The highest BCUT2D eigenvalue weighted by Gasteiger charge is 2.16. The third kappa shape index (κ3) is 1.63. The van der Waals surface area contributed by atoms with Gasteiger partial charge in [0.05, 0.1) is 17.4 Å². The number of para-hydroxylation sites is 1. The van der Waals surface area contributed by atoms with E-state index in [0.29, 0.717) is 0 Å². The average Bonchev–Trinajstić information content (AvgIpc) is 2.87. The van der Waals surface area contributed by atoms with Gasteiger partial charge in [0.2, 0.25) is 0 Å².